The molecule has 0 saturated carbocycles. The summed E-state index contributed by atoms with van der Waals surface area (Å²) in [6, 6.07) is 1.47. The summed E-state index contributed by atoms with van der Waals surface area (Å²) in [5, 5.41) is 16.3. The van der Waals surface area contributed by atoms with Gasteiger partial charge in [-0.25, -0.2) is 0 Å². The first-order chi connectivity index (χ1) is 8.66. The minimum atomic E-state index is -0.321. The van der Waals surface area contributed by atoms with Crippen molar-refractivity contribution in [2.24, 2.45) is 0 Å². The third-order valence-corrected chi connectivity index (χ3v) is 2.43. The van der Waals surface area contributed by atoms with Crippen molar-refractivity contribution in [3.8, 4) is 5.75 Å². The molecule has 0 saturated heterocycles. The standard InChI is InChI=1S/C12H14N4O2/c1-9-6-15-16(8-9)5-4-14-12(18)10-2-3-13-7-11(10)17/h2-3,6-8,17H,4-5H2,1H3,(H,14,18). The van der Waals surface area contributed by atoms with E-state index in [4.69, 9.17) is 0 Å². The van der Waals surface area contributed by atoms with Gasteiger partial charge in [-0.3, -0.25) is 14.5 Å². The second-order valence-electron chi connectivity index (χ2n) is 3.93. The molecule has 0 radical (unpaired) electrons. The van der Waals surface area contributed by atoms with Crippen LogP contribution in [0.1, 0.15) is 15.9 Å². The molecule has 2 aromatic rings. The lowest BCUT2D eigenvalue weighted by Crippen LogP contribution is -2.27. The topological polar surface area (TPSA) is 80.0 Å². The quantitative estimate of drug-likeness (QED) is 0.833. The lowest BCUT2D eigenvalue weighted by molar-refractivity contribution is 0.0949. The van der Waals surface area contributed by atoms with Crippen LogP contribution in [0.5, 0.6) is 5.75 Å². The fraction of sp³-hybridized carbons (Fsp3) is 0.250. The molecule has 94 valence electrons. The van der Waals surface area contributed by atoms with Gasteiger partial charge in [0.2, 0.25) is 0 Å². The minimum Gasteiger partial charge on any atom is -0.505 e. The van der Waals surface area contributed by atoms with Gasteiger partial charge in [0.05, 0.1) is 24.5 Å². The van der Waals surface area contributed by atoms with Gasteiger partial charge in [-0.05, 0) is 18.6 Å². The number of nitrogens with one attached hydrogen (secondary N) is 1. The van der Waals surface area contributed by atoms with Crippen molar-refractivity contribution in [2.45, 2.75) is 13.5 Å². The van der Waals surface area contributed by atoms with Crippen molar-refractivity contribution in [1.82, 2.24) is 20.1 Å². The second kappa shape index (κ2) is 5.31. The number of pyridine rings is 1. The Kier molecular flexibility index (Phi) is 3.57. The number of aryl methyl sites for hydroxylation is 1. The number of nitrogens with zero attached hydrogens (tertiary/aromatic N) is 3. The summed E-state index contributed by atoms with van der Waals surface area (Å²) in [5.41, 5.74) is 1.30. The van der Waals surface area contributed by atoms with E-state index in [9.17, 15) is 9.90 Å². The van der Waals surface area contributed by atoms with Crippen molar-refractivity contribution >= 4 is 5.91 Å². The lowest BCUT2D eigenvalue weighted by Gasteiger charge is -2.06. The van der Waals surface area contributed by atoms with Crippen LogP contribution in [0.2, 0.25) is 0 Å². The van der Waals surface area contributed by atoms with Crippen LogP contribution < -0.4 is 5.32 Å². The summed E-state index contributed by atoms with van der Waals surface area (Å²) < 4.78 is 1.75. The van der Waals surface area contributed by atoms with Crippen molar-refractivity contribution in [2.75, 3.05) is 6.54 Å². The third-order valence-electron chi connectivity index (χ3n) is 2.43. The molecule has 0 aliphatic rings. The Morgan fingerprint density at radius 3 is 3.00 bits per heavy atom. The Labute approximate surface area is 104 Å². The molecule has 0 unspecified atom stereocenters. The van der Waals surface area contributed by atoms with E-state index < -0.39 is 0 Å². The molecule has 0 fully saturated rings. The molecule has 0 aliphatic carbocycles. The zero-order valence-corrected chi connectivity index (χ0v) is 10.00. The summed E-state index contributed by atoms with van der Waals surface area (Å²) in [5.74, 6) is -0.441. The lowest BCUT2D eigenvalue weighted by atomic mass is 10.2. The Hall–Kier alpha value is -2.37. The van der Waals surface area contributed by atoms with Gasteiger partial charge in [-0.1, -0.05) is 0 Å². The first-order valence-corrected chi connectivity index (χ1v) is 5.57. The molecule has 2 heterocycles. The predicted octanol–water partition coefficient (Wildman–Crippen LogP) is 0.722. The molecular weight excluding hydrogens is 232 g/mol. The number of carbonyl (C=O) groups excluding carboxylic acids is 1. The van der Waals surface area contributed by atoms with Gasteiger partial charge >= 0.3 is 0 Å². The molecule has 1 amide bonds. The van der Waals surface area contributed by atoms with Crippen molar-refractivity contribution in [1.29, 1.82) is 0 Å². The average molecular weight is 246 g/mol. The van der Waals surface area contributed by atoms with E-state index in [-0.39, 0.29) is 17.2 Å². The van der Waals surface area contributed by atoms with E-state index in [1.165, 1.54) is 18.5 Å². The molecule has 0 aliphatic heterocycles. The van der Waals surface area contributed by atoms with Gasteiger partial charge in [0.25, 0.3) is 5.91 Å². The van der Waals surface area contributed by atoms with Crippen LogP contribution >= 0.6 is 0 Å². The molecule has 0 aromatic carbocycles. The molecule has 2 aromatic heterocycles. The number of hydrogen-bond donors (Lipinski definition) is 2. The normalized spacial score (nSPS) is 10.3. The number of aromatic hydroxyl groups is 1. The molecule has 18 heavy (non-hydrogen) atoms. The van der Waals surface area contributed by atoms with Crippen molar-refractivity contribution in [3.05, 3.63) is 42.0 Å². The van der Waals surface area contributed by atoms with E-state index in [1.54, 1.807) is 10.9 Å². The number of rotatable bonds is 4. The van der Waals surface area contributed by atoms with Gasteiger partial charge in [0.15, 0.2) is 0 Å². The molecule has 2 rings (SSSR count). The average Bonchev–Trinajstić information content (AvgIpc) is 2.75. The van der Waals surface area contributed by atoms with Gasteiger partial charge in [0, 0.05) is 18.9 Å². The monoisotopic (exact) mass is 246 g/mol. The highest BCUT2D eigenvalue weighted by Crippen LogP contribution is 2.12. The largest absolute Gasteiger partial charge is 0.505 e. The smallest absolute Gasteiger partial charge is 0.255 e. The van der Waals surface area contributed by atoms with Gasteiger partial charge in [-0.2, -0.15) is 5.10 Å². The predicted molar refractivity (Wildman–Crippen MR) is 65.2 cm³/mol. The summed E-state index contributed by atoms with van der Waals surface area (Å²) in [6.07, 6.45) is 6.36. The zero-order valence-electron chi connectivity index (χ0n) is 10.00. The molecule has 0 atom stereocenters. The summed E-state index contributed by atoms with van der Waals surface area (Å²) >= 11 is 0. The van der Waals surface area contributed by atoms with Crippen LogP contribution in [0.4, 0.5) is 0 Å². The van der Waals surface area contributed by atoms with Crippen LogP contribution in [0.3, 0.4) is 0 Å². The van der Waals surface area contributed by atoms with E-state index in [0.29, 0.717) is 13.1 Å². The van der Waals surface area contributed by atoms with Crippen molar-refractivity contribution < 1.29 is 9.90 Å². The Morgan fingerprint density at radius 2 is 2.33 bits per heavy atom. The maximum atomic E-state index is 11.7. The van der Waals surface area contributed by atoms with Gasteiger partial charge in [0.1, 0.15) is 5.75 Å². The maximum Gasteiger partial charge on any atom is 0.255 e. The summed E-state index contributed by atoms with van der Waals surface area (Å²) in [6.45, 7) is 2.99. The SMILES string of the molecule is Cc1cnn(CCNC(=O)c2ccncc2O)c1. The Morgan fingerprint density at radius 1 is 1.50 bits per heavy atom. The van der Waals surface area contributed by atoms with Crippen LogP contribution in [0.15, 0.2) is 30.9 Å². The number of amides is 1. The maximum absolute atomic E-state index is 11.7. The fourth-order valence-corrected chi connectivity index (χ4v) is 1.55. The molecule has 2 N–H and O–H groups in total. The number of carbonyl (C=O) groups is 1. The third kappa shape index (κ3) is 2.85. The number of hydrogen-bond acceptors (Lipinski definition) is 4. The van der Waals surface area contributed by atoms with Gasteiger partial charge < -0.3 is 10.4 Å². The van der Waals surface area contributed by atoms with Crippen LogP contribution in [-0.4, -0.2) is 32.3 Å². The second-order valence-corrected chi connectivity index (χ2v) is 3.93. The molecular formula is C12H14N4O2. The highest BCUT2D eigenvalue weighted by Gasteiger charge is 2.09. The highest BCUT2D eigenvalue weighted by molar-refractivity contribution is 5.96. The first kappa shape index (κ1) is 12.1. The van der Waals surface area contributed by atoms with E-state index in [2.05, 4.69) is 15.4 Å². The molecule has 0 bridgehead atoms. The molecule has 6 heteroatoms. The minimum absolute atomic E-state index is 0.120. The fourth-order valence-electron chi connectivity index (χ4n) is 1.55. The van der Waals surface area contributed by atoms with E-state index in [1.807, 2.05) is 13.1 Å². The number of aromatic nitrogens is 3. The van der Waals surface area contributed by atoms with E-state index in [0.717, 1.165) is 5.56 Å². The van der Waals surface area contributed by atoms with Crippen LogP contribution in [0.25, 0.3) is 0 Å². The van der Waals surface area contributed by atoms with E-state index >= 15 is 0 Å². The molecule has 6 nitrogen and oxygen atoms in total. The first-order valence-electron chi connectivity index (χ1n) is 5.57. The van der Waals surface area contributed by atoms with Gasteiger partial charge in [-0.15, -0.1) is 0 Å². The van der Waals surface area contributed by atoms with Crippen LogP contribution in [0, 0.1) is 6.92 Å². The summed E-state index contributed by atoms with van der Waals surface area (Å²) in [4.78, 5) is 15.4. The molecule has 0 spiro atoms. The zero-order chi connectivity index (χ0) is 13.0. The highest BCUT2D eigenvalue weighted by atomic mass is 16.3. The van der Waals surface area contributed by atoms with Crippen molar-refractivity contribution in [3.63, 3.8) is 0 Å². The summed E-state index contributed by atoms with van der Waals surface area (Å²) in [7, 11) is 0. The Balaban J connectivity index is 1.87. The van der Waals surface area contributed by atoms with Crippen LogP contribution in [-0.2, 0) is 6.54 Å². The Bertz CT molecular complexity index is 551.